The lowest BCUT2D eigenvalue weighted by molar-refractivity contribution is -0.204. The summed E-state index contributed by atoms with van der Waals surface area (Å²) in [6, 6.07) is 2.18. The van der Waals surface area contributed by atoms with E-state index in [2.05, 4.69) is 0 Å². The summed E-state index contributed by atoms with van der Waals surface area (Å²) in [5.74, 6) is -10.2. The van der Waals surface area contributed by atoms with Crippen LogP contribution in [-0.4, -0.2) is 88.0 Å². The molecule has 0 bridgehead atoms. The van der Waals surface area contributed by atoms with E-state index in [4.69, 9.17) is 0 Å². The number of amides is 2. The summed E-state index contributed by atoms with van der Waals surface area (Å²) in [7, 11) is 6.87. The van der Waals surface area contributed by atoms with Crippen LogP contribution in [-0.2, 0) is 20.8 Å². The van der Waals surface area contributed by atoms with E-state index in [1.165, 1.54) is 6.07 Å². The van der Waals surface area contributed by atoms with Crippen molar-refractivity contribution in [3.05, 3.63) is 40.2 Å². The van der Waals surface area contributed by atoms with Crippen LogP contribution in [0.2, 0.25) is 0 Å². The van der Waals surface area contributed by atoms with Crippen LogP contribution < -0.4 is 10.2 Å². The van der Waals surface area contributed by atoms with Gasteiger partial charge in [-0.05, 0) is 56.5 Å². The molecule has 1 aromatic carbocycles. The fourth-order valence-corrected chi connectivity index (χ4v) is 6.16. The molecule has 0 radical (unpaired) electrons. The molecule has 0 aromatic heterocycles. The summed E-state index contributed by atoms with van der Waals surface area (Å²) in [6.45, 7) is 1.05. The largest absolute Gasteiger partial charge is 0.510 e. The number of carbonyl (C=O) groups is 3. The van der Waals surface area contributed by atoms with Crippen LogP contribution in [0, 0.1) is 17.8 Å². The molecule has 11 nitrogen and oxygen atoms in total. The van der Waals surface area contributed by atoms with Crippen LogP contribution in [0.3, 0.4) is 0 Å². The topological polar surface area (TPSA) is 171 Å². The molecule has 3 aliphatic rings. The quantitative estimate of drug-likeness (QED) is 0.315. The summed E-state index contributed by atoms with van der Waals surface area (Å²) >= 11 is 0. The Morgan fingerprint density at radius 1 is 1.08 bits per heavy atom. The minimum absolute atomic E-state index is 0.0624. The molecule has 1 saturated carbocycles. The monoisotopic (exact) mass is 501 g/mol. The number of hydrogen-bond acceptors (Lipinski definition) is 10. The van der Waals surface area contributed by atoms with E-state index >= 15 is 0 Å². The second kappa shape index (κ2) is 8.61. The molecule has 4 rings (SSSR count). The van der Waals surface area contributed by atoms with Gasteiger partial charge in [-0.3, -0.25) is 24.6 Å². The Morgan fingerprint density at radius 2 is 1.72 bits per heavy atom. The molecule has 0 heterocycles. The molecule has 3 aliphatic carbocycles. The molecule has 194 valence electrons. The number of phenolic OH excluding ortho intramolecular Hbond substituents is 1. The maximum atomic E-state index is 13.9. The molecule has 0 aliphatic heterocycles. The number of nitrogens with zero attached hydrogens (tertiary/aromatic N) is 2. The highest BCUT2D eigenvalue weighted by molar-refractivity contribution is 6.10. The fourth-order valence-electron chi connectivity index (χ4n) is 6.16. The third-order valence-electron chi connectivity index (χ3n) is 7.45. The van der Waals surface area contributed by atoms with E-state index < -0.39 is 64.3 Å². The van der Waals surface area contributed by atoms with Gasteiger partial charge >= 0.3 is 0 Å². The van der Waals surface area contributed by atoms with Crippen molar-refractivity contribution in [2.45, 2.75) is 31.6 Å². The van der Waals surface area contributed by atoms with E-state index in [1.807, 2.05) is 24.3 Å². The highest BCUT2D eigenvalue weighted by Crippen LogP contribution is 2.54. The van der Waals surface area contributed by atoms with Crippen molar-refractivity contribution in [3.8, 4) is 5.75 Å². The normalized spacial score (nSPS) is 26.8. The highest BCUT2D eigenvalue weighted by atomic mass is 16.5. The predicted molar refractivity (Wildman–Crippen MR) is 129 cm³/mol. The van der Waals surface area contributed by atoms with Crippen LogP contribution in [0.5, 0.6) is 5.75 Å². The van der Waals surface area contributed by atoms with Gasteiger partial charge < -0.3 is 30.4 Å². The first-order valence-electron chi connectivity index (χ1n) is 11.6. The van der Waals surface area contributed by atoms with Crippen LogP contribution in [0.15, 0.2) is 29.0 Å². The summed E-state index contributed by atoms with van der Waals surface area (Å²) in [5, 5.41) is 57.0. The van der Waals surface area contributed by atoms with Gasteiger partial charge in [0.25, 0.3) is 5.91 Å². The molecule has 3 unspecified atom stereocenters. The third kappa shape index (κ3) is 3.66. The summed E-state index contributed by atoms with van der Waals surface area (Å²) < 4.78 is 0. The Balaban J connectivity index is 1.92. The maximum absolute atomic E-state index is 13.9. The molecule has 4 atom stereocenters. The number of aliphatic hydroxyl groups is 4. The van der Waals surface area contributed by atoms with E-state index in [-0.39, 0.29) is 29.7 Å². The van der Waals surface area contributed by atoms with Crippen molar-refractivity contribution in [1.82, 2.24) is 10.2 Å². The van der Waals surface area contributed by atoms with E-state index in [0.29, 0.717) is 5.56 Å². The lowest BCUT2D eigenvalue weighted by Gasteiger charge is -2.51. The van der Waals surface area contributed by atoms with Gasteiger partial charge in [0.1, 0.15) is 22.8 Å². The molecular formula is C25H31N3O8. The lowest BCUT2D eigenvalue weighted by atomic mass is 9.58. The smallest absolute Gasteiger partial charge is 0.262 e. The fraction of sp³-hybridized carbons (Fsp3) is 0.480. The number of fused-ring (bicyclic) bond motifs is 3. The number of benzene rings is 1. The number of aliphatic hydroxyl groups excluding tert-OH is 2. The highest BCUT2D eigenvalue weighted by Gasteiger charge is 2.62. The third-order valence-corrected chi connectivity index (χ3v) is 7.45. The number of rotatable bonds is 3. The Morgan fingerprint density at radius 3 is 2.28 bits per heavy atom. The Labute approximate surface area is 207 Å². The number of imide groups is 1. The van der Waals surface area contributed by atoms with Gasteiger partial charge in [0, 0.05) is 32.3 Å². The van der Waals surface area contributed by atoms with Gasteiger partial charge in [-0.15, -0.1) is 0 Å². The second-order valence-corrected chi connectivity index (χ2v) is 10.2. The van der Waals surface area contributed by atoms with E-state index in [0.717, 1.165) is 12.6 Å². The number of carbonyl (C=O) groups excluding carboxylic acids is 3. The molecule has 0 saturated heterocycles. The first-order valence-corrected chi connectivity index (χ1v) is 11.6. The number of phenols is 1. The Kier molecular flexibility index (Phi) is 6.14. The van der Waals surface area contributed by atoms with E-state index in [1.54, 1.807) is 25.1 Å². The number of hydrogen-bond donors (Lipinski definition) is 6. The Hall–Kier alpha value is -3.41. The summed E-state index contributed by atoms with van der Waals surface area (Å²) in [5.41, 5.74) is 0.551. The average Bonchev–Trinajstić information content (AvgIpc) is 2.71. The first-order chi connectivity index (χ1) is 16.7. The van der Waals surface area contributed by atoms with Crippen LogP contribution in [0.1, 0.15) is 24.5 Å². The second-order valence-electron chi connectivity index (χ2n) is 10.2. The van der Waals surface area contributed by atoms with Crippen molar-refractivity contribution in [3.63, 3.8) is 0 Å². The van der Waals surface area contributed by atoms with Gasteiger partial charge in [0.15, 0.2) is 5.78 Å². The van der Waals surface area contributed by atoms with Crippen molar-refractivity contribution in [2.75, 3.05) is 33.1 Å². The standard InChI is InChI=1S/C25H31N3O8/c1-10(29)26-24(34)19-23(33)20(28(4)5)13-9-11-8-12-14(27(2)3)6-7-15(30)17(12)21(31)16(11)22(32)18(13)25(19,35)36/h6-7,11,13,18,20,30-31,33,35-36H,8-9H2,1-5H3,(H,26,29,34)/t11?,13?,18?,20-/m0/s1. The number of anilines is 1. The van der Waals surface area contributed by atoms with Crippen molar-refractivity contribution in [2.24, 2.45) is 17.8 Å². The van der Waals surface area contributed by atoms with Crippen molar-refractivity contribution < 1.29 is 39.9 Å². The van der Waals surface area contributed by atoms with Crippen LogP contribution in [0.4, 0.5) is 5.69 Å². The van der Waals surface area contributed by atoms with Crippen molar-refractivity contribution in [1.29, 1.82) is 0 Å². The number of likely N-dealkylation sites (N-methyl/N-ethyl adjacent to an activating group) is 1. The van der Waals surface area contributed by atoms with E-state index in [9.17, 15) is 39.9 Å². The van der Waals surface area contributed by atoms with Gasteiger partial charge in [0.2, 0.25) is 11.7 Å². The van der Waals surface area contributed by atoms with Gasteiger partial charge in [-0.2, -0.15) is 0 Å². The zero-order chi connectivity index (χ0) is 26.9. The average molecular weight is 502 g/mol. The molecule has 0 spiro atoms. The zero-order valence-electron chi connectivity index (χ0n) is 20.7. The van der Waals surface area contributed by atoms with Gasteiger partial charge in [-0.25, -0.2) is 0 Å². The van der Waals surface area contributed by atoms with Gasteiger partial charge in [-0.1, -0.05) is 0 Å². The molecule has 1 aromatic rings. The predicted octanol–water partition coefficient (Wildman–Crippen LogP) is 0.204. The molecule has 11 heteroatoms. The number of aromatic hydroxyl groups is 1. The lowest BCUT2D eigenvalue weighted by Crippen LogP contribution is -2.63. The number of Topliss-reactive ketones (excluding diaryl/α,β-unsaturated/α-hetero) is 1. The molecular weight excluding hydrogens is 470 g/mol. The van der Waals surface area contributed by atoms with Crippen LogP contribution in [0.25, 0.3) is 5.76 Å². The first kappa shape index (κ1) is 25.7. The van der Waals surface area contributed by atoms with Crippen molar-refractivity contribution >= 4 is 29.0 Å². The van der Waals surface area contributed by atoms with Gasteiger partial charge in [0.05, 0.1) is 17.5 Å². The summed E-state index contributed by atoms with van der Waals surface area (Å²) in [4.78, 5) is 41.5. The number of allylic oxidation sites excluding steroid dienone is 1. The summed E-state index contributed by atoms with van der Waals surface area (Å²) in [6.07, 6.45) is 0.465. The van der Waals surface area contributed by atoms with Crippen LogP contribution >= 0.6 is 0 Å². The SMILES string of the molecule is CC(=O)NC(=O)C1=C(O)[C@@H](N(C)C)C2CC3Cc4c(N(C)C)ccc(O)c4C(O)=C3C(=O)C2C1(O)O. The molecule has 6 N–H and O–H groups in total. The zero-order valence-corrected chi connectivity index (χ0v) is 20.7. The maximum Gasteiger partial charge on any atom is 0.262 e. The molecule has 36 heavy (non-hydrogen) atoms. The minimum atomic E-state index is -3.12. The number of nitrogens with one attached hydrogen (secondary N) is 1. The molecule has 1 fully saturated rings. The molecule has 2 amide bonds. The number of ketones is 1. The Bertz CT molecular complexity index is 1230. The minimum Gasteiger partial charge on any atom is -0.510 e.